The number of carbonyl (C=O) groups excluding carboxylic acids is 1. The first kappa shape index (κ1) is 15.9. The smallest absolute Gasteiger partial charge is 0.337 e. The van der Waals surface area contributed by atoms with E-state index in [1.807, 2.05) is 6.92 Å². The zero-order valence-corrected chi connectivity index (χ0v) is 13.0. The number of hydrogen-bond acceptors (Lipinski definition) is 3. The van der Waals surface area contributed by atoms with Crippen LogP contribution in [0.2, 0.25) is 0 Å². The van der Waals surface area contributed by atoms with Gasteiger partial charge in [-0.25, -0.2) is 9.18 Å². The van der Waals surface area contributed by atoms with E-state index in [0.29, 0.717) is 22.1 Å². The standard InChI is InChI=1S/C16H15FN2O2S/c1-10-6-7-12(17)9-14(10)19-16(22)18-13-5-3-4-11(8-13)15(20)21-2/h3-9H,1-2H3,(H2,18,19,22). The van der Waals surface area contributed by atoms with Crippen LogP contribution in [-0.2, 0) is 4.74 Å². The first-order valence-corrected chi connectivity index (χ1v) is 6.93. The molecular formula is C16H15FN2O2S. The van der Waals surface area contributed by atoms with Gasteiger partial charge in [0.1, 0.15) is 5.82 Å². The molecule has 2 N–H and O–H groups in total. The molecule has 114 valence electrons. The van der Waals surface area contributed by atoms with Gasteiger partial charge in [-0.15, -0.1) is 0 Å². The number of carbonyl (C=O) groups is 1. The van der Waals surface area contributed by atoms with E-state index in [9.17, 15) is 9.18 Å². The maximum Gasteiger partial charge on any atom is 0.337 e. The minimum atomic E-state index is -0.427. The molecule has 0 aliphatic rings. The Hall–Kier alpha value is -2.47. The van der Waals surface area contributed by atoms with E-state index < -0.39 is 5.97 Å². The van der Waals surface area contributed by atoms with Crippen LogP contribution in [0.3, 0.4) is 0 Å². The van der Waals surface area contributed by atoms with Crippen LogP contribution in [0.25, 0.3) is 0 Å². The maximum absolute atomic E-state index is 13.3. The van der Waals surface area contributed by atoms with Crippen molar-refractivity contribution < 1.29 is 13.9 Å². The Morgan fingerprint density at radius 2 is 1.95 bits per heavy atom. The number of esters is 1. The second kappa shape index (κ2) is 7.00. The van der Waals surface area contributed by atoms with E-state index in [0.717, 1.165) is 5.56 Å². The summed E-state index contributed by atoms with van der Waals surface area (Å²) in [6, 6.07) is 11.2. The maximum atomic E-state index is 13.3. The van der Waals surface area contributed by atoms with Crippen LogP contribution in [0.1, 0.15) is 15.9 Å². The minimum Gasteiger partial charge on any atom is -0.465 e. The molecule has 2 rings (SSSR count). The lowest BCUT2D eigenvalue weighted by Crippen LogP contribution is -2.20. The molecule has 0 unspecified atom stereocenters. The van der Waals surface area contributed by atoms with Crippen LogP contribution in [0.4, 0.5) is 15.8 Å². The third-order valence-corrected chi connectivity index (χ3v) is 3.19. The zero-order valence-electron chi connectivity index (χ0n) is 12.1. The molecule has 0 atom stereocenters. The third-order valence-electron chi connectivity index (χ3n) is 2.99. The Balaban J connectivity index is 2.09. The number of rotatable bonds is 3. The lowest BCUT2D eigenvalue weighted by atomic mass is 10.2. The molecule has 0 aliphatic heterocycles. The number of methoxy groups -OCH3 is 1. The molecule has 0 amide bonds. The fourth-order valence-corrected chi connectivity index (χ4v) is 2.08. The van der Waals surface area contributed by atoms with Gasteiger partial charge in [0.25, 0.3) is 0 Å². The monoisotopic (exact) mass is 318 g/mol. The van der Waals surface area contributed by atoms with Crippen molar-refractivity contribution in [1.29, 1.82) is 0 Å². The first-order chi connectivity index (χ1) is 10.5. The molecule has 0 spiro atoms. The third kappa shape index (κ3) is 4.02. The second-order valence-electron chi connectivity index (χ2n) is 4.61. The highest BCUT2D eigenvalue weighted by atomic mass is 32.1. The van der Waals surface area contributed by atoms with E-state index in [1.54, 1.807) is 30.3 Å². The Labute approximate surface area is 133 Å². The van der Waals surface area contributed by atoms with Gasteiger partial charge in [-0.2, -0.15) is 0 Å². The highest BCUT2D eigenvalue weighted by Crippen LogP contribution is 2.17. The van der Waals surface area contributed by atoms with Crippen molar-refractivity contribution in [3.8, 4) is 0 Å². The first-order valence-electron chi connectivity index (χ1n) is 6.52. The number of halogens is 1. The molecule has 0 aliphatic carbocycles. The molecule has 2 aromatic carbocycles. The molecule has 0 fully saturated rings. The Bertz CT molecular complexity index is 719. The number of anilines is 2. The Morgan fingerprint density at radius 1 is 1.18 bits per heavy atom. The summed E-state index contributed by atoms with van der Waals surface area (Å²) in [4.78, 5) is 11.5. The summed E-state index contributed by atoms with van der Waals surface area (Å²) in [6.07, 6.45) is 0. The topological polar surface area (TPSA) is 50.4 Å². The van der Waals surface area contributed by atoms with Crippen molar-refractivity contribution in [2.45, 2.75) is 6.92 Å². The number of benzene rings is 2. The molecule has 0 saturated heterocycles. The minimum absolute atomic E-state index is 0.302. The van der Waals surface area contributed by atoms with E-state index in [-0.39, 0.29) is 5.82 Å². The summed E-state index contributed by atoms with van der Waals surface area (Å²) in [5.41, 5.74) is 2.50. The number of nitrogens with one attached hydrogen (secondary N) is 2. The van der Waals surface area contributed by atoms with Gasteiger partial charge in [-0.3, -0.25) is 0 Å². The van der Waals surface area contributed by atoms with Crippen LogP contribution >= 0.6 is 12.2 Å². The van der Waals surface area contributed by atoms with E-state index in [2.05, 4.69) is 15.4 Å². The lowest BCUT2D eigenvalue weighted by Gasteiger charge is -2.13. The van der Waals surface area contributed by atoms with Gasteiger partial charge in [-0.05, 0) is 55.0 Å². The average molecular weight is 318 g/mol. The second-order valence-corrected chi connectivity index (χ2v) is 5.02. The quantitative estimate of drug-likeness (QED) is 0.667. The molecule has 0 aromatic heterocycles. The summed E-state index contributed by atoms with van der Waals surface area (Å²) >= 11 is 5.20. The highest BCUT2D eigenvalue weighted by molar-refractivity contribution is 7.80. The number of ether oxygens (including phenoxy) is 1. The van der Waals surface area contributed by atoms with E-state index in [1.165, 1.54) is 19.2 Å². The zero-order chi connectivity index (χ0) is 16.1. The summed E-state index contributed by atoms with van der Waals surface area (Å²) in [7, 11) is 1.32. The predicted molar refractivity (Wildman–Crippen MR) is 88.8 cm³/mol. The van der Waals surface area contributed by atoms with Gasteiger partial charge >= 0.3 is 5.97 Å². The molecule has 4 nitrogen and oxygen atoms in total. The molecule has 0 heterocycles. The van der Waals surface area contributed by atoms with Crippen molar-refractivity contribution in [3.63, 3.8) is 0 Å². The number of hydrogen-bond donors (Lipinski definition) is 2. The van der Waals surface area contributed by atoms with Crippen LogP contribution in [0, 0.1) is 12.7 Å². The van der Waals surface area contributed by atoms with Crippen LogP contribution in [0.15, 0.2) is 42.5 Å². The molecule has 0 bridgehead atoms. The Morgan fingerprint density at radius 3 is 2.68 bits per heavy atom. The fourth-order valence-electron chi connectivity index (χ4n) is 1.86. The summed E-state index contributed by atoms with van der Waals surface area (Å²) < 4.78 is 17.9. The Kier molecular flexibility index (Phi) is 5.06. The molecule has 22 heavy (non-hydrogen) atoms. The van der Waals surface area contributed by atoms with Gasteiger partial charge in [0, 0.05) is 11.4 Å². The molecular weight excluding hydrogens is 303 g/mol. The molecule has 0 saturated carbocycles. The van der Waals surface area contributed by atoms with Crippen LogP contribution in [-0.4, -0.2) is 18.2 Å². The number of thiocarbonyl (C=S) groups is 1. The van der Waals surface area contributed by atoms with E-state index >= 15 is 0 Å². The van der Waals surface area contributed by atoms with Crippen molar-refractivity contribution in [3.05, 3.63) is 59.4 Å². The van der Waals surface area contributed by atoms with Gasteiger partial charge in [0.2, 0.25) is 0 Å². The van der Waals surface area contributed by atoms with Crippen molar-refractivity contribution in [2.24, 2.45) is 0 Å². The fraction of sp³-hybridized carbons (Fsp3) is 0.125. The molecule has 6 heteroatoms. The summed E-state index contributed by atoms with van der Waals surface area (Å²) in [5, 5.41) is 6.17. The molecule has 0 radical (unpaired) electrons. The van der Waals surface area contributed by atoms with Crippen molar-refractivity contribution in [1.82, 2.24) is 0 Å². The van der Waals surface area contributed by atoms with Gasteiger partial charge in [0.15, 0.2) is 5.11 Å². The lowest BCUT2D eigenvalue weighted by molar-refractivity contribution is 0.0601. The van der Waals surface area contributed by atoms with Gasteiger partial charge in [0.05, 0.1) is 12.7 Å². The van der Waals surface area contributed by atoms with Gasteiger partial charge < -0.3 is 15.4 Å². The number of aryl methyl sites for hydroxylation is 1. The largest absolute Gasteiger partial charge is 0.465 e. The SMILES string of the molecule is COC(=O)c1cccc(NC(=S)Nc2cc(F)ccc2C)c1. The highest BCUT2D eigenvalue weighted by Gasteiger charge is 2.07. The predicted octanol–water partition coefficient (Wildman–Crippen LogP) is 3.73. The van der Waals surface area contributed by atoms with Gasteiger partial charge in [-0.1, -0.05) is 12.1 Å². The average Bonchev–Trinajstić information content (AvgIpc) is 2.50. The van der Waals surface area contributed by atoms with Crippen molar-refractivity contribution >= 4 is 34.7 Å². The normalized spacial score (nSPS) is 9.95. The summed E-state index contributed by atoms with van der Waals surface area (Å²) in [6.45, 7) is 1.85. The van der Waals surface area contributed by atoms with E-state index in [4.69, 9.17) is 12.2 Å². The molecule has 2 aromatic rings. The van der Waals surface area contributed by atoms with Crippen molar-refractivity contribution in [2.75, 3.05) is 17.7 Å². The summed E-state index contributed by atoms with van der Waals surface area (Å²) in [5.74, 6) is -0.771. The van der Waals surface area contributed by atoms with Crippen LogP contribution in [0.5, 0.6) is 0 Å². The van der Waals surface area contributed by atoms with Crippen LogP contribution < -0.4 is 10.6 Å².